The van der Waals surface area contributed by atoms with E-state index in [0.717, 1.165) is 70.4 Å². The van der Waals surface area contributed by atoms with Gasteiger partial charge >= 0.3 is 12.2 Å². The molecule has 0 aliphatic carbocycles. The Morgan fingerprint density at radius 3 is 1.33 bits per heavy atom. The van der Waals surface area contributed by atoms with Crippen molar-refractivity contribution in [2.45, 2.75) is 156 Å². The summed E-state index contributed by atoms with van der Waals surface area (Å²) >= 11 is 14.1. The Morgan fingerprint density at radius 2 is 0.964 bits per heavy atom. The highest BCUT2D eigenvalue weighted by Gasteiger charge is 2.33. The summed E-state index contributed by atoms with van der Waals surface area (Å²) in [6, 6.07) is 25.2. The molecule has 6 aromatic heterocycles. The molecule has 0 saturated carbocycles. The van der Waals surface area contributed by atoms with E-state index in [0.29, 0.717) is 154 Å². The average molecular weight is 1540 g/mol. The molecule has 24 nitrogen and oxygen atoms in total. The lowest BCUT2D eigenvalue weighted by Gasteiger charge is -2.29. The van der Waals surface area contributed by atoms with Crippen molar-refractivity contribution in [1.29, 1.82) is 0 Å². The number of benzene rings is 2. The molecule has 12 rings (SSSR count). The molecule has 6 amide bonds. The third-order valence-electron chi connectivity index (χ3n) is 19.4. The molecule has 2 fully saturated rings. The van der Waals surface area contributed by atoms with Crippen molar-refractivity contribution >= 4 is 70.4 Å². The van der Waals surface area contributed by atoms with Gasteiger partial charge in [0.15, 0.2) is 0 Å². The minimum atomic E-state index is -0.708. The van der Waals surface area contributed by atoms with E-state index in [-0.39, 0.29) is 75.2 Å². The van der Waals surface area contributed by atoms with Gasteiger partial charge in [0.25, 0.3) is 11.8 Å². The number of fused-ring (bicyclic) bond motifs is 2. The lowest BCUT2D eigenvalue weighted by Crippen LogP contribution is -2.43. The van der Waals surface area contributed by atoms with Gasteiger partial charge in [0, 0.05) is 147 Å². The molecule has 2 aromatic carbocycles. The molecule has 2 atom stereocenters. The Kier molecular flexibility index (Phi) is 26.5. The number of nitrogens with one attached hydrogen (secondary N) is 4. The molecule has 0 spiro atoms. The van der Waals surface area contributed by atoms with Crippen LogP contribution in [-0.2, 0) is 58.1 Å². The second-order valence-corrected chi connectivity index (χ2v) is 30.5. The molecule has 28 heteroatoms. The topological polar surface area (TPSA) is 278 Å². The zero-order chi connectivity index (χ0) is 78.6. The molecule has 8 aromatic rings. The number of rotatable bonds is 24. The largest absolute Gasteiger partial charge is 0.481 e. The summed E-state index contributed by atoms with van der Waals surface area (Å²) in [5.74, 6) is -0.123. The summed E-state index contributed by atoms with van der Waals surface area (Å²) in [5.41, 5.74) is 12.3. The molecule has 4 aliphatic heterocycles. The van der Waals surface area contributed by atoms with E-state index in [4.69, 9.17) is 52.1 Å². The number of amides is 6. The zero-order valence-electron chi connectivity index (χ0n) is 63.8. The van der Waals surface area contributed by atoms with Crippen molar-refractivity contribution in [3.05, 3.63) is 176 Å². The predicted octanol–water partition coefficient (Wildman–Crippen LogP) is 14.3. The third-order valence-corrected chi connectivity index (χ3v) is 20.1. The number of aromatic nitrogens is 6. The minimum absolute atomic E-state index is 0.0402. The Balaban J connectivity index is 0.000000218. The highest BCUT2D eigenvalue weighted by atomic mass is 35.5. The van der Waals surface area contributed by atoms with E-state index in [1.165, 1.54) is 14.2 Å². The van der Waals surface area contributed by atoms with Gasteiger partial charge in [0.1, 0.15) is 22.6 Å². The second-order valence-electron chi connectivity index (χ2n) is 29.8. The average Bonchev–Trinajstić information content (AvgIpc) is 0.796. The summed E-state index contributed by atoms with van der Waals surface area (Å²) in [6.45, 7) is 19.2. The summed E-state index contributed by atoms with van der Waals surface area (Å²) in [4.78, 5) is 112. The van der Waals surface area contributed by atoms with Gasteiger partial charge in [-0.2, -0.15) is 0 Å². The van der Waals surface area contributed by atoms with Crippen molar-refractivity contribution in [1.82, 2.24) is 60.1 Å². The van der Waals surface area contributed by atoms with E-state index in [2.05, 4.69) is 51.0 Å². The van der Waals surface area contributed by atoms with E-state index in [9.17, 15) is 37.5 Å². The second kappa shape index (κ2) is 36.0. The number of carbonyl (C=O) groups is 6. The van der Waals surface area contributed by atoms with Crippen molar-refractivity contribution in [2.24, 2.45) is 0 Å². The summed E-state index contributed by atoms with van der Waals surface area (Å²) < 4.78 is 48.2. The van der Waals surface area contributed by atoms with E-state index < -0.39 is 23.4 Å². The van der Waals surface area contributed by atoms with Crippen LogP contribution in [0.5, 0.6) is 11.8 Å². The lowest BCUT2D eigenvalue weighted by molar-refractivity contribution is -0.120. The Bertz CT molecular complexity index is 4440. The van der Waals surface area contributed by atoms with Crippen LogP contribution in [0.2, 0.25) is 10.0 Å². The Morgan fingerprint density at radius 1 is 0.555 bits per heavy atom. The van der Waals surface area contributed by atoms with Gasteiger partial charge in [-0.25, -0.2) is 19.6 Å². The van der Waals surface area contributed by atoms with Gasteiger partial charge < -0.3 is 50.0 Å². The maximum Gasteiger partial charge on any atom is 0.410 e. The maximum absolute atomic E-state index is 13.4. The summed E-state index contributed by atoms with van der Waals surface area (Å²) in [5, 5.41) is 12.6. The van der Waals surface area contributed by atoms with Gasteiger partial charge in [-0.1, -0.05) is 47.5 Å². The fourth-order valence-electron chi connectivity index (χ4n) is 13.7. The van der Waals surface area contributed by atoms with E-state index >= 15 is 0 Å². The molecule has 2 saturated heterocycles. The summed E-state index contributed by atoms with van der Waals surface area (Å²) in [7, 11) is 3.02. The smallest absolute Gasteiger partial charge is 0.410 e. The number of methoxy groups -OCH3 is 2. The van der Waals surface area contributed by atoms with Crippen LogP contribution in [0, 0.1) is 13.8 Å². The fraction of sp³-hybridized carbons (Fsp3) is 0.415. The molecule has 4 aliphatic rings. The number of halogens is 4. The van der Waals surface area contributed by atoms with Crippen molar-refractivity contribution in [3.63, 3.8) is 0 Å². The molecule has 0 unspecified atom stereocenters. The molecular formula is C82H94Cl2F2N14O10. The molecule has 0 bridgehead atoms. The number of hydrogen-bond donors (Lipinski definition) is 4. The van der Waals surface area contributed by atoms with Crippen LogP contribution < -0.4 is 30.7 Å². The van der Waals surface area contributed by atoms with Crippen molar-refractivity contribution in [3.8, 4) is 56.8 Å². The molecule has 10 heterocycles. The zero-order valence-corrected chi connectivity index (χ0v) is 65.3. The first-order valence-electron chi connectivity index (χ1n) is 36.9. The van der Waals surface area contributed by atoms with Crippen LogP contribution in [0.4, 0.5) is 29.7 Å². The van der Waals surface area contributed by atoms with Crippen LogP contribution in [0.1, 0.15) is 146 Å². The number of alkyl halides is 2. The Labute approximate surface area is 649 Å². The van der Waals surface area contributed by atoms with Gasteiger partial charge in [0.2, 0.25) is 23.6 Å². The first-order valence-corrected chi connectivity index (χ1v) is 37.7. The molecule has 4 N–H and O–H groups in total. The van der Waals surface area contributed by atoms with Gasteiger partial charge in [-0.3, -0.25) is 57.7 Å². The van der Waals surface area contributed by atoms with Crippen LogP contribution in [0.15, 0.2) is 110 Å². The van der Waals surface area contributed by atoms with Crippen LogP contribution in [-0.4, -0.2) is 175 Å². The quantitative estimate of drug-likeness (QED) is 0.0437. The van der Waals surface area contributed by atoms with E-state index in [1.807, 2.05) is 86.6 Å². The van der Waals surface area contributed by atoms with Gasteiger partial charge in [0.05, 0.1) is 73.5 Å². The fourth-order valence-corrected chi connectivity index (χ4v) is 14.4. The van der Waals surface area contributed by atoms with Gasteiger partial charge in [-0.15, -0.1) is 0 Å². The number of hydrogen-bond acceptors (Lipinski definition) is 18. The molecule has 0 radical (unpaired) electrons. The van der Waals surface area contributed by atoms with Crippen LogP contribution in [0.3, 0.4) is 0 Å². The normalized spacial score (nSPS) is 15.6. The Hall–Kier alpha value is -10.3. The predicted molar refractivity (Wildman–Crippen MR) is 418 cm³/mol. The number of carbonyl (C=O) groups excluding carboxylic acids is 6. The van der Waals surface area contributed by atoms with Crippen molar-refractivity contribution in [2.75, 3.05) is 77.5 Å². The molecule has 580 valence electrons. The van der Waals surface area contributed by atoms with Crippen LogP contribution >= 0.6 is 23.2 Å². The first-order chi connectivity index (χ1) is 52.7. The highest BCUT2D eigenvalue weighted by molar-refractivity contribution is 6.36. The van der Waals surface area contributed by atoms with Crippen molar-refractivity contribution < 1.29 is 56.5 Å². The number of ether oxygens (including phenoxy) is 4. The minimum Gasteiger partial charge on any atom is -0.481 e. The third kappa shape index (κ3) is 20.4. The standard InChI is InChI=1S/2C41H47ClFN7O5/c2*1-25-30(8-6-9-32(25)47-38(52)34-20-26-15-19-49(18-7-16-43)22-28(26)21-45-34)37-36(42)31(14-17-44-37)33-12-10-27(39(48-33)54-5)23-50(40(53)55-41(2,3)4)24-29-11-13-35(51)46-29/h2*6,8-10,12,14,17,20-21,29H,7,11,13,15-16,18-19,22-24H2,1-5H3,(H,46,51)(H,47,52)/t2*29-/m00/s1. The SMILES string of the molecule is COc1nc(-c2ccnc(-c3cccc(NC(=O)c4cc5c(cn4)CN(CCCF)CC5)c3C)c2Cl)ccc1CN(C[C@@H]1CCC(=O)N1)C(=O)OC(C)(C)C.COc1nc(-c2ccnc(-c3cccc(NC(=O)c4cc5c(cn4)CN(CCCF)CC5)c3C)c2Cl)ccc1CN(C[C@@H]1CCC(=O)N1)C(=O)OC(C)(C)C. The maximum atomic E-state index is 13.4. The molecular weight excluding hydrogens is 1450 g/mol. The monoisotopic (exact) mass is 1540 g/mol. The van der Waals surface area contributed by atoms with Crippen LogP contribution in [0.25, 0.3) is 45.0 Å². The van der Waals surface area contributed by atoms with E-state index in [1.54, 1.807) is 88.3 Å². The highest BCUT2D eigenvalue weighted by Crippen LogP contribution is 2.41. The number of nitrogens with zero attached hydrogens (tertiary/aromatic N) is 10. The first kappa shape index (κ1) is 80.7. The number of anilines is 2. The lowest BCUT2D eigenvalue weighted by atomic mass is 10.00. The van der Waals surface area contributed by atoms with Gasteiger partial charge in [-0.05, 0) is 188 Å². The summed E-state index contributed by atoms with van der Waals surface area (Å²) in [6.07, 6.45) is 10.4. The number of pyridine rings is 6. The molecule has 110 heavy (non-hydrogen) atoms.